The highest BCUT2D eigenvalue weighted by Gasteiger charge is 2.31. The molecular formula is C18H12N4O8S2. The number of para-hydroxylation sites is 2. The summed E-state index contributed by atoms with van der Waals surface area (Å²) in [6, 6.07) is 10.0. The molecule has 5 aromatic rings. The first-order valence-electron chi connectivity index (χ1n) is 8.74. The molecule has 2 heterocycles. The minimum absolute atomic E-state index is 0.112. The summed E-state index contributed by atoms with van der Waals surface area (Å²) in [5.74, 6) is 0. The lowest BCUT2D eigenvalue weighted by molar-refractivity contribution is 0.465. The van der Waals surface area contributed by atoms with Crippen molar-refractivity contribution >= 4 is 64.6 Å². The van der Waals surface area contributed by atoms with Crippen LogP contribution in [0.15, 0.2) is 55.0 Å². The predicted octanol–water partition coefficient (Wildman–Crippen LogP) is 2.16. The lowest BCUT2D eigenvalue weighted by atomic mass is 10.2. The second-order valence-corrected chi connectivity index (χ2v) is 9.57. The van der Waals surface area contributed by atoms with Crippen molar-refractivity contribution in [2.45, 2.75) is 9.79 Å². The molecule has 0 radical (unpaired) electrons. The highest BCUT2D eigenvalue weighted by Crippen LogP contribution is 2.29. The van der Waals surface area contributed by atoms with Crippen LogP contribution >= 0.6 is 0 Å². The minimum Gasteiger partial charge on any atom is -0.453 e. The number of aromatic amines is 2. The monoisotopic (exact) mass is 476 g/mol. The molecule has 5 rings (SSSR count). The summed E-state index contributed by atoms with van der Waals surface area (Å²) in [5, 5.41) is 14.0. The van der Waals surface area contributed by atoms with Crippen LogP contribution in [-0.2, 0) is 20.2 Å². The number of rotatable bonds is 2. The third-order valence-corrected chi connectivity index (χ3v) is 6.79. The van der Waals surface area contributed by atoms with Crippen LogP contribution in [0.3, 0.4) is 0 Å². The van der Waals surface area contributed by atoms with E-state index in [9.17, 15) is 25.9 Å². The van der Waals surface area contributed by atoms with E-state index in [1.807, 2.05) is 0 Å². The standard InChI is InChI=1S/C18H12N4O8S2/c19-13-14(20)17(31(23,24)25)18(32(26,27)28)15-16(13)30-12-5-8-11(6-9(12)22-15)29-10-4-2-1-3-7(10)21-8/h1-6,19-22H,(H,23,24,25)(H,26,27,28). The van der Waals surface area contributed by atoms with Crippen molar-refractivity contribution in [2.75, 3.05) is 0 Å². The fraction of sp³-hybridized carbons (Fsp3) is 0. The summed E-state index contributed by atoms with van der Waals surface area (Å²) in [4.78, 5) is 3.02. The zero-order chi connectivity index (χ0) is 23.0. The van der Waals surface area contributed by atoms with Crippen molar-refractivity contribution in [3.05, 3.63) is 47.1 Å². The Morgan fingerprint density at radius 3 is 1.97 bits per heavy atom. The average molecular weight is 476 g/mol. The Bertz CT molecular complexity index is 1980. The van der Waals surface area contributed by atoms with E-state index in [0.717, 1.165) is 0 Å². The Hall–Kier alpha value is -3.72. The number of hydrogen-bond donors (Lipinski definition) is 6. The number of nitrogens with one attached hydrogen (secondary N) is 4. The number of hydrogen-bond acceptors (Lipinski definition) is 8. The lowest BCUT2D eigenvalue weighted by Gasteiger charge is -2.11. The summed E-state index contributed by atoms with van der Waals surface area (Å²) in [7, 11) is -10.6. The Balaban J connectivity index is 2.02. The van der Waals surface area contributed by atoms with E-state index in [2.05, 4.69) is 9.97 Å². The molecule has 6 N–H and O–H groups in total. The maximum absolute atomic E-state index is 12.0. The highest BCUT2D eigenvalue weighted by molar-refractivity contribution is 7.89. The van der Waals surface area contributed by atoms with Gasteiger partial charge in [-0.15, -0.1) is 0 Å². The predicted molar refractivity (Wildman–Crippen MR) is 110 cm³/mol. The van der Waals surface area contributed by atoms with Crippen LogP contribution in [-0.4, -0.2) is 35.9 Å². The van der Waals surface area contributed by atoms with E-state index in [0.29, 0.717) is 22.2 Å². The third-order valence-electron chi connectivity index (χ3n) is 4.81. The maximum atomic E-state index is 12.0. The Morgan fingerprint density at radius 2 is 1.31 bits per heavy atom. The van der Waals surface area contributed by atoms with E-state index in [4.69, 9.17) is 19.7 Å². The Kier molecular flexibility index (Phi) is 4.04. The van der Waals surface area contributed by atoms with Gasteiger partial charge in [-0.25, -0.2) is 0 Å². The first-order valence-corrected chi connectivity index (χ1v) is 11.6. The highest BCUT2D eigenvalue weighted by atomic mass is 32.2. The zero-order valence-electron chi connectivity index (χ0n) is 15.6. The molecule has 0 aliphatic carbocycles. The second kappa shape index (κ2) is 6.39. The molecule has 0 aliphatic heterocycles. The van der Waals surface area contributed by atoms with Crippen molar-refractivity contribution in [3.8, 4) is 0 Å². The molecule has 0 bridgehead atoms. The van der Waals surface area contributed by atoms with E-state index in [-0.39, 0.29) is 11.1 Å². The van der Waals surface area contributed by atoms with Gasteiger partial charge in [0.2, 0.25) is 0 Å². The first-order chi connectivity index (χ1) is 14.9. The summed E-state index contributed by atoms with van der Waals surface area (Å²) in [6.45, 7) is 0. The van der Waals surface area contributed by atoms with Gasteiger partial charge in [0.05, 0.1) is 16.6 Å². The van der Waals surface area contributed by atoms with Crippen LogP contribution < -0.4 is 10.7 Å². The molecule has 0 saturated heterocycles. The largest absolute Gasteiger partial charge is 0.453 e. The summed E-state index contributed by atoms with van der Waals surface area (Å²) in [5.41, 5.74) is 1.14. The first kappa shape index (κ1) is 20.2. The van der Waals surface area contributed by atoms with Gasteiger partial charge in [-0.05, 0) is 12.1 Å². The molecule has 0 fully saturated rings. The normalized spacial score (nSPS) is 12.8. The van der Waals surface area contributed by atoms with Gasteiger partial charge in [0.15, 0.2) is 22.3 Å². The topological polar surface area (TPSA) is 214 Å². The van der Waals surface area contributed by atoms with Crippen molar-refractivity contribution in [1.82, 2.24) is 9.97 Å². The molecular weight excluding hydrogens is 464 g/mol. The molecule has 14 heteroatoms. The molecule has 0 atom stereocenters. The maximum Gasteiger partial charge on any atom is 0.298 e. The second-order valence-electron chi connectivity index (χ2n) is 6.86. The molecule has 0 spiro atoms. The fourth-order valence-electron chi connectivity index (χ4n) is 3.48. The molecule has 3 aromatic carbocycles. The number of benzene rings is 3. The average Bonchev–Trinajstić information content (AvgIpc) is 2.70. The number of fused-ring (bicyclic) bond motifs is 4. The number of aromatic nitrogens is 2. The van der Waals surface area contributed by atoms with Gasteiger partial charge in [0.25, 0.3) is 20.2 Å². The van der Waals surface area contributed by atoms with Crippen LogP contribution in [0.4, 0.5) is 0 Å². The summed E-state index contributed by atoms with van der Waals surface area (Å²) < 4.78 is 78.2. The fourth-order valence-corrected chi connectivity index (χ4v) is 5.55. The van der Waals surface area contributed by atoms with Crippen LogP contribution in [0.2, 0.25) is 0 Å². The Labute approximate surface area is 177 Å². The van der Waals surface area contributed by atoms with Gasteiger partial charge in [0.1, 0.15) is 26.0 Å². The zero-order valence-corrected chi connectivity index (χ0v) is 17.3. The van der Waals surface area contributed by atoms with E-state index in [1.165, 1.54) is 12.1 Å². The van der Waals surface area contributed by atoms with Crippen LogP contribution in [0.5, 0.6) is 0 Å². The van der Waals surface area contributed by atoms with Gasteiger partial charge in [0, 0.05) is 12.1 Å². The third kappa shape index (κ3) is 2.96. The van der Waals surface area contributed by atoms with E-state index in [1.54, 1.807) is 24.3 Å². The minimum atomic E-state index is -5.31. The van der Waals surface area contributed by atoms with Crippen LogP contribution in [0, 0.1) is 10.8 Å². The van der Waals surface area contributed by atoms with Crippen molar-refractivity contribution in [2.24, 2.45) is 0 Å². The van der Waals surface area contributed by atoms with Crippen LogP contribution in [0.1, 0.15) is 0 Å². The van der Waals surface area contributed by atoms with E-state index < -0.39 is 51.8 Å². The molecule has 164 valence electrons. The van der Waals surface area contributed by atoms with Gasteiger partial charge < -0.3 is 18.8 Å². The van der Waals surface area contributed by atoms with E-state index >= 15 is 0 Å². The summed E-state index contributed by atoms with van der Waals surface area (Å²) in [6.07, 6.45) is 0. The van der Waals surface area contributed by atoms with Crippen molar-refractivity contribution < 1.29 is 34.8 Å². The van der Waals surface area contributed by atoms with Crippen molar-refractivity contribution in [1.29, 1.82) is 10.8 Å². The number of H-pyrrole nitrogens is 2. The SMILES string of the molecule is N=c1c(S(=O)(=O)O)c(S(=O)(=O)O)c2[nH]c3cc4oc5ccccc5[nH]c4cc3oc2c1=N. The van der Waals surface area contributed by atoms with Gasteiger partial charge in [-0.1, -0.05) is 12.1 Å². The lowest BCUT2D eigenvalue weighted by Crippen LogP contribution is -2.32. The quantitative estimate of drug-likeness (QED) is 0.163. The molecule has 0 aliphatic rings. The van der Waals surface area contributed by atoms with Gasteiger partial charge in [-0.2, -0.15) is 16.8 Å². The Morgan fingerprint density at radius 1 is 0.719 bits per heavy atom. The molecule has 0 unspecified atom stereocenters. The van der Waals surface area contributed by atoms with Gasteiger partial charge in [-0.3, -0.25) is 19.9 Å². The van der Waals surface area contributed by atoms with Crippen LogP contribution in [0.25, 0.3) is 44.4 Å². The molecule has 32 heavy (non-hydrogen) atoms. The summed E-state index contributed by atoms with van der Waals surface area (Å²) >= 11 is 0. The van der Waals surface area contributed by atoms with Gasteiger partial charge >= 0.3 is 0 Å². The van der Waals surface area contributed by atoms with Crippen molar-refractivity contribution in [3.63, 3.8) is 0 Å². The molecule has 0 saturated carbocycles. The smallest absolute Gasteiger partial charge is 0.298 e. The molecule has 0 amide bonds. The molecule has 2 aromatic heterocycles. The molecule has 12 nitrogen and oxygen atoms in total.